The average molecular weight is 578 g/mol. The molecule has 2 fully saturated rings. The molecule has 2 saturated heterocycles. The number of piperidine rings is 1. The van der Waals surface area contributed by atoms with Gasteiger partial charge in [-0.15, -0.1) is 24.0 Å². The molecule has 2 heterocycles. The maximum atomic E-state index is 13.0. The van der Waals surface area contributed by atoms with Gasteiger partial charge in [0.1, 0.15) is 0 Å². The van der Waals surface area contributed by atoms with Crippen molar-refractivity contribution in [2.24, 2.45) is 10.9 Å². The topological polar surface area (TPSA) is 77.0 Å². The van der Waals surface area contributed by atoms with E-state index in [9.17, 15) is 8.42 Å². The largest absolute Gasteiger partial charge is 0.357 e. The van der Waals surface area contributed by atoms with Gasteiger partial charge < -0.3 is 10.6 Å². The fraction of sp³-hybridized carbons (Fsp3) is 0.696. The number of rotatable bonds is 7. The molecule has 0 radical (unpaired) electrons. The number of sulfonamides is 1. The van der Waals surface area contributed by atoms with Crippen LogP contribution in [0.15, 0.2) is 34.2 Å². The molecule has 2 N–H and O–H groups in total. The zero-order chi connectivity index (χ0) is 22.4. The fourth-order valence-electron chi connectivity index (χ4n) is 4.34. The Labute approximate surface area is 211 Å². The van der Waals surface area contributed by atoms with Crippen LogP contribution < -0.4 is 10.6 Å². The van der Waals surface area contributed by atoms with Crippen molar-refractivity contribution in [1.29, 1.82) is 0 Å². The molecule has 0 amide bonds. The number of benzene rings is 1. The first-order valence-electron chi connectivity index (χ1n) is 11.7. The summed E-state index contributed by atoms with van der Waals surface area (Å²) in [5, 5.41) is 6.92. The minimum Gasteiger partial charge on any atom is -0.357 e. The van der Waals surface area contributed by atoms with Gasteiger partial charge >= 0.3 is 0 Å². The van der Waals surface area contributed by atoms with Crippen LogP contribution >= 0.6 is 24.0 Å². The van der Waals surface area contributed by atoms with Gasteiger partial charge in [-0.05, 0) is 57.2 Å². The molecule has 2 aliphatic heterocycles. The van der Waals surface area contributed by atoms with Crippen LogP contribution in [0.3, 0.4) is 0 Å². The van der Waals surface area contributed by atoms with Crippen LogP contribution in [-0.4, -0.2) is 68.4 Å². The first-order valence-corrected chi connectivity index (χ1v) is 13.1. The Morgan fingerprint density at radius 2 is 1.91 bits per heavy atom. The highest BCUT2D eigenvalue weighted by Crippen LogP contribution is 2.22. The first kappa shape index (κ1) is 27.3. The van der Waals surface area contributed by atoms with E-state index in [4.69, 9.17) is 4.99 Å². The number of nitrogens with zero attached hydrogens (tertiary/aromatic N) is 3. The number of hydrogen-bond donors (Lipinski definition) is 2. The summed E-state index contributed by atoms with van der Waals surface area (Å²) in [6.45, 7) is 13.4. The summed E-state index contributed by atoms with van der Waals surface area (Å²) >= 11 is 0. The molecular formula is C23H40IN5O2S. The lowest BCUT2D eigenvalue weighted by atomic mass is 10.1. The van der Waals surface area contributed by atoms with Crippen LogP contribution in [0.25, 0.3) is 0 Å². The van der Waals surface area contributed by atoms with Crippen LogP contribution in [0.5, 0.6) is 0 Å². The molecule has 0 aromatic heterocycles. The van der Waals surface area contributed by atoms with E-state index in [0.29, 0.717) is 42.5 Å². The third-order valence-corrected chi connectivity index (χ3v) is 8.20. The van der Waals surface area contributed by atoms with Crippen molar-refractivity contribution in [2.45, 2.75) is 70.5 Å². The molecule has 1 aromatic rings. The Hall–Kier alpha value is -0.910. The van der Waals surface area contributed by atoms with Crippen LogP contribution in [0.2, 0.25) is 0 Å². The Morgan fingerprint density at radius 1 is 1.19 bits per heavy atom. The maximum absolute atomic E-state index is 13.0. The molecule has 32 heavy (non-hydrogen) atoms. The van der Waals surface area contributed by atoms with Crippen LogP contribution in [0.1, 0.15) is 52.5 Å². The number of aliphatic imine (C=N–C) groups is 1. The zero-order valence-corrected chi connectivity index (χ0v) is 23.0. The molecule has 1 aromatic carbocycles. The van der Waals surface area contributed by atoms with Gasteiger partial charge in [0.15, 0.2) is 5.96 Å². The van der Waals surface area contributed by atoms with Crippen LogP contribution in [-0.2, 0) is 16.6 Å². The fourth-order valence-corrected chi connectivity index (χ4v) is 5.93. The van der Waals surface area contributed by atoms with Crippen molar-refractivity contribution in [3.05, 3.63) is 29.8 Å². The normalized spacial score (nSPS) is 23.2. The Kier molecular flexibility index (Phi) is 10.7. The summed E-state index contributed by atoms with van der Waals surface area (Å²) in [6, 6.07) is 8.13. The second kappa shape index (κ2) is 12.5. The minimum atomic E-state index is -3.43. The Balaban J connectivity index is 0.00000363. The average Bonchev–Trinajstić information content (AvgIpc) is 3.13. The van der Waals surface area contributed by atoms with E-state index in [1.165, 1.54) is 0 Å². The molecule has 3 rings (SSSR count). The van der Waals surface area contributed by atoms with E-state index < -0.39 is 10.0 Å². The lowest BCUT2D eigenvalue weighted by Gasteiger charge is -2.26. The molecule has 2 unspecified atom stereocenters. The number of halogens is 1. The molecule has 7 nitrogen and oxygen atoms in total. The molecule has 0 bridgehead atoms. The molecule has 0 spiro atoms. The van der Waals surface area contributed by atoms with Crippen molar-refractivity contribution in [3.63, 3.8) is 0 Å². The smallest absolute Gasteiger partial charge is 0.243 e. The van der Waals surface area contributed by atoms with Crippen molar-refractivity contribution < 1.29 is 8.42 Å². The third-order valence-electron chi connectivity index (χ3n) is 6.31. The minimum absolute atomic E-state index is 0. The quantitative estimate of drug-likeness (QED) is 0.296. The predicted octanol–water partition coefficient (Wildman–Crippen LogP) is 3.26. The Bertz CT molecular complexity index is 856. The van der Waals surface area contributed by atoms with E-state index in [0.717, 1.165) is 50.4 Å². The zero-order valence-electron chi connectivity index (χ0n) is 19.9. The van der Waals surface area contributed by atoms with Crippen molar-refractivity contribution >= 4 is 40.0 Å². The lowest BCUT2D eigenvalue weighted by molar-refractivity contribution is 0.265. The van der Waals surface area contributed by atoms with Gasteiger partial charge in [0.2, 0.25) is 10.0 Å². The van der Waals surface area contributed by atoms with Gasteiger partial charge in [0.05, 0.1) is 11.4 Å². The summed E-state index contributed by atoms with van der Waals surface area (Å²) in [6.07, 6.45) is 2.99. The standard InChI is InChI=1S/C23H39N5O2S.HI/c1-5-24-23(26-22-17-27(18(2)3)16-19(22)4)25-15-20-10-9-11-21(14-20)31(29,30)28-12-7-6-8-13-28;/h9-11,14,18-19,22H,5-8,12-13,15-17H2,1-4H3,(H2,24,25,26);1H. The molecule has 0 saturated carbocycles. The highest BCUT2D eigenvalue weighted by Gasteiger charge is 2.31. The summed E-state index contributed by atoms with van der Waals surface area (Å²) in [5.41, 5.74) is 0.901. The van der Waals surface area contributed by atoms with E-state index in [-0.39, 0.29) is 24.0 Å². The van der Waals surface area contributed by atoms with Gasteiger partial charge in [-0.1, -0.05) is 25.5 Å². The summed E-state index contributed by atoms with van der Waals surface area (Å²) in [5.74, 6) is 1.33. The maximum Gasteiger partial charge on any atom is 0.243 e. The van der Waals surface area contributed by atoms with Gasteiger partial charge in [0, 0.05) is 44.8 Å². The molecule has 9 heteroatoms. The molecule has 182 valence electrons. The Morgan fingerprint density at radius 3 is 2.53 bits per heavy atom. The molecule has 2 atom stereocenters. The second-order valence-electron chi connectivity index (χ2n) is 9.08. The molecular weight excluding hydrogens is 537 g/mol. The predicted molar refractivity (Wildman–Crippen MR) is 142 cm³/mol. The van der Waals surface area contributed by atoms with E-state index >= 15 is 0 Å². The van der Waals surface area contributed by atoms with Gasteiger partial charge in [0.25, 0.3) is 0 Å². The molecule has 2 aliphatic rings. The molecule has 0 aliphatic carbocycles. The highest BCUT2D eigenvalue weighted by atomic mass is 127. The monoisotopic (exact) mass is 577 g/mol. The van der Waals surface area contributed by atoms with Crippen molar-refractivity contribution in [1.82, 2.24) is 19.8 Å². The SMILES string of the molecule is CCNC(=NCc1cccc(S(=O)(=O)N2CCCCC2)c1)NC1CN(C(C)C)CC1C.I. The summed E-state index contributed by atoms with van der Waals surface area (Å²) in [4.78, 5) is 7.61. The van der Waals surface area contributed by atoms with Crippen molar-refractivity contribution in [3.8, 4) is 0 Å². The van der Waals surface area contributed by atoms with E-state index in [1.807, 2.05) is 12.1 Å². The summed E-state index contributed by atoms with van der Waals surface area (Å²) < 4.78 is 27.6. The highest BCUT2D eigenvalue weighted by molar-refractivity contribution is 14.0. The lowest BCUT2D eigenvalue weighted by Crippen LogP contribution is -2.46. The van der Waals surface area contributed by atoms with Gasteiger partial charge in [-0.3, -0.25) is 4.90 Å². The van der Waals surface area contributed by atoms with Crippen LogP contribution in [0, 0.1) is 5.92 Å². The number of hydrogen-bond acceptors (Lipinski definition) is 4. The van der Waals surface area contributed by atoms with E-state index in [1.54, 1.807) is 16.4 Å². The van der Waals surface area contributed by atoms with E-state index in [2.05, 4.69) is 43.2 Å². The van der Waals surface area contributed by atoms with Gasteiger partial charge in [-0.25, -0.2) is 13.4 Å². The van der Waals surface area contributed by atoms with Gasteiger partial charge in [-0.2, -0.15) is 4.31 Å². The number of likely N-dealkylation sites (tertiary alicyclic amines) is 1. The van der Waals surface area contributed by atoms with Crippen molar-refractivity contribution in [2.75, 3.05) is 32.7 Å². The third kappa shape index (κ3) is 7.04. The van der Waals surface area contributed by atoms with Crippen LogP contribution in [0.4, 0.5) is 0 Å². The second-order valence-corrected chi connectivity index (χ2v) is 11.0. The first-order chi connectivity index (χ1) is 14.8. The number of nitrogens with one attached hydrogen (secondary N) is 2. The number of guanidine groups is 1. The summed E-state index contributed by atoms with van der Waals surface area (Å²) in [7, 11) is -3.43.